The van der Waals surface area contributed by atoms with Gasteiger partial charge in [0.05, 0.1) is 19.3 Å². The number of hydrogen-bond donors (Lipinski definition) is 0. The molecule has 0 aromatic rings. The molecule has 0 saturated heterocycles. The minimum absolute atomic E-state index is 0.0866. The molecule has 150 valence electrons. The van der Waals surface area contributed by atoms with Crippen molar-refractivity contribution < 1.29 is 19.1 Å². The van der Waals surface area contributed by atoms with Gasteiger partial charge in [0.25, 0.3) is 0 Å². The summed E-state index contributed by atoms with van der Waals surface area (Å²) in [5.41, 5.74) is 8.52. The zero-order chi connectivity index (χ0) is 19.6. The van der Waals surface area contributed by atoms with Crippen LogP contribution >= 0.6 is 0 Å². The van der Waals surface area contributed by atoms with E-state index >= 15 is 0 Å². The molecule has 0 aliphatic rings. The number of Topliss-reactive ketones (excluding diaryl/α,β-unsaturated/α-hetero) is 1. The summed E-state index contributed by atoms with van der Waals surface area (Å²) in [5, 5.41) is 3.54. The van der Waals surface area contributed by atoms with Crippen molar-refractivity contribution in [1.82, 2.24) is 0 Å². The molecule has 0 unspecified atom stereocenters. The van der Waals surface area contributed by atoms with E-state index in [4.69, 9.17) is 15.0 Å². The summed E-state index contributed by atoms with van der Waals surface area (Å²) in [6.45, 7) is 4.25. The summed E-state index contributed by atoms with van der Waals surface area (Å²) in [5.74, 6) is -1.17. The third-order valence-corrected chi connectivity index (χ3v) is 4.48. The predicted octanol–water partition coefficient (Wildman–Crippen LogP) is 4.98. The van der Waals surface area contributed by atoms with Crippen LogP contribution in [0.5, 0.6) is 0 Å². The maximum absolute atomic E-state index is 12.5. The molecular weight excluding hydrogens is 334 g/mol. The lowest BCUT2D eigenvalue weighted by molar-refractivity contribution is -0.147. The maximum Gasteiger partial charge on any atom is 0.313 e. The van der Waals surface area contributed by atoms with Crippen LogP contribution in [0.1, 0.15) is 78.1 Å². The maximum atomic E-state index is 12.5. The first kappa shape index (κ1) is 24.4. The Bertz CT molecular complexity index is 437. The van der Waals surface area contributed by atoms with Crippen molar-refractivity contribution in [3.63, 3.8) is 0 Å². The van der Waals surface area contributed by atoms with E-state index in [1.54, 1.807) is 6.92 Å². The summed E-state index contributed by atoms with van der Waals surface area (Å²) in [6.07, 6.45) is 9.26. The van der Waals surface area contributed by atoms with E-state index < -0.39 is 18.0 Å². The number of ketones is 1. The molecule has 0 aromatic heterocycles. The Hall–Kier alpha value is -1.59. The smallest absolute Gasteiger partial charge is 0.313 e. The number of azide groups is 1. The Morgan fingerprint density at radius 1 is 1.04 bits per heavy atom. The van der Waals surface area contributed by atoms with Gasteiger partial charge >= 0.3 is 5.97 Å². The molecule has 0 radical (unpaired) electrons. The van der Waals surface area contributed by atoms with Gasteiger partial charge in [-0.2, -0.15) is 0 Å². The van der Waals surface area contributed by atoms with E-state index in [1.807, 2.05) is 0 Å². The highest BCUT2D eigenvalue weighted by Crippen LogP contribution is 2.21. The molecule has 0 amide bonds. The van der Waals surface area contributed by atoms with Crippen LogP contribution in [-0.4, -0.2) is 38.1 Å². The molecule has 0 bridgehead atoms. The normalized spacial score (nSPS) is 12.9. The Balaban J connectivity index is 4.50. The molecule has 0 aliphatic carbocycles. The first-order valence-corrected chi connectivity index (χ1v) is 9.82. The third-order valence-electron chi connectivity index (χ3n) is 4.48. The van der Waals surface area contributed by atoms with Crippen molar-refractivity contribution in [1.29, 1.82) is 0 Å². The number of ether oxygens (including phenoxy) is 2. The number of carbonyl (C=O) groups excluding carboxylic acids is 2. The number of hydrogen-bond acceptors (Lipinski definition) is 5. The molecule has 0 N–H and O–H groups in total. The highest BCUT2D eigenvalue weighted by atomic mass is 16.5. The van der Waals surface area contributed by atoms with Crippen LogP contribution in [0.3, 0.4) is 0 Å². The molecule has 0 fully saturated rings. The summed E-state index contributed by atoms with van der Waals surface area (Å²) in [4.78, 5) is 26.9. The summed E-state index contributed by atoms with van der Waals surface area (Å²) in [6, 6.07) is 0. The lowest BCUT2D eigenvalue weighted by atomic mass is 9.89. The van der Waals surface area contributed by atoms with Crippen molar-refractivity contribution in [3.8, 4) is 0 Å². The van der Waals surface area contributed by atoms with Crippen LogP contribution in [0.2, 0.25) is 0 Å². The van der Waals surface area contributed by atoms with Crippen molar-refractivity contribution in [2.75, 3.05) is 20.3 Å². The van der Waals surface area contributed by atoms with Gasteiger partial charge in [0, 0.05) is 17.9 Å². The first-order chi connectivity index (χ1) is 12.6. The second-order valence-electron chi connectivity index (χ2n) is 6.51. The second kappa shape index (κ2) is 16.9. The molecule has 2 atom stereocenters. The van der Waals surface area contributed by atoms with Gasteiger partial charge in [-0.15, -0.1) is 0 Å². The molecule has 7 heteroatoms. The van der Waals surface area contributed by atoms with E-state index in [1.165, 1.54) is 39.2 Å². The van der Waals surface area contributed by atoms with E-state index in [0.717, 1.165) is 19.3 Å². The molecular formula is C19H35N3O4. The number of unbranched alkanes of at least 4 members (excludes halogenated alkanes) is 7. The van der Waals surface area contributed by atoms with E-state index in [2.05, 4.69) is 16.9 Å². The minimum Gasteiger partial charge on any atom is -0.466 e. The number of methoxy groups -OCH3 is 1. The van der Waals surface area contributed by atoms with Crippen LogP contribution in [-0.2, 0) is 19.1 Å². The largest absolute Gasteiger partial charge is 0.466 e. The number of carbonyl (C=O) groups is 2. The average Bonchev–Trinajstić information content (AvgIpc) is 2.62. The van der Waals surface area contributed by atoms with Crippen LogP contribution in [0.25, 0.3) is 10.4 Å². The van der Waals surface area contributed by atoms with Gasteiger partial charge in [0.2, 0.25) is 0 Å². The quantitative estimate of drug-likeness (QED) is 0.0900. The number of nitrogens with zero attached hydrogens (tertiary/aromatic N) is 3. The zero-order valence-corrected chi connectivity index (χ0v) is 16.6. The van der Waals surface area contributed by atoms with Gasteiger partial charge in [-0.3, -0.25) is 9.59 Å². The Morgan fingerprint density at radius 2 is 1.65 bits per heavy atom. The van der Waals surface area contributed by atoms with Crippen molar-refractivity contribution in [3.05, 3.63) is 10.4 Å². The van der Waals surface area contributed by atoms with Crippen LogP contribution < -0.4 is 0 Å². The molecule has 0 aliphatic heterocycles. The van der Waals surface area contributed by atoms with Gasteiger partial charge in [-0.05, 0) is 18.9 Å². The summed E-state index contributed by atoms with van der Waals surface area (Å²) in [7, 11) is 1.50. The summed E-state index contributed by atoms with van der Waals surface area (Å²) < 4.78 is 10.2. The average molecular weight is 370 g/mol. The van der Waals surface area contributed by atoms with E-state index in [9.17, 15) is 9.59 Å². The fourth-order valence-corrected chi connectivity index (χ4v) is 3.02. The Morgan fingerprint density at radius 3 is 2.19 bits per heavy atom. The molecule has 7 nitrogen and oxygen atoms in total. The Labute approximate surface area is 157 Å². The van der Waals surface area contributed by atoms with Crippen LogP contribution in [0.4, 0.5) is 0 Å². The molecule has 0 heterocycles. The highest BCUT2D eigenvalue weighted by molar-refractivity contribution is 5.97. The van der Waals surface area contributed by atoms with E-state index in [-0.39, 0.29) is 25.4 Å². The van der Waals surface area contributed by atoms with Crippen molar-refractivity contribution >= 4 is 11.8 Å². The molecule has 0 aromatic carbocycles. The van der Waals surface area contributed by atoms with Crippen LogP contribution in [0, 0.1) is 5.92 Å². The first-order valence-electron chi connectivity index (χ1n) is 9.82. The molecule has 0 rings (SSSR count). The van der Waals surface area contributed by atoms with Gasteiger partial charge in [-0.25, -0.2) is 0 Å². The third kappa shape index (κ3) is 11.9. The van der Waals surface area contributed by atoms with Crippen molar-refractivity contribution in [2.45, 2.75) is 84.2 Å². The minimum atomic E-state index is -0.517. The van der Waals surface area contributed by atoms with E-state index in [0.29, 0.717) is 6.42 Å². The zero-order valence-electron chi connectivity index (χ0n) is 16.6. The number of rotatable bonds is 17. The molecule has 0 saturated carbocycles. The Kier molecular flexibility index (Phi) is 15.8. The molecule has 0 spiro atoms. The fourth-order valence-electron chi connectivity index (χ4n) is 3.02. The van der Waals surface area contributed by atoms with Gasteiger partial charge in [0.1, 0.15) is 12.2 Å². The monoisotopic (exact) mass is 369 g/mol. The molecule has 26 heavy (non-hydrogen) atoms. The summed E-state index contributed by atoms with van der Waals surface area (Å²) >= 11 is 0. The lowest BCUT2D eigenvalue weighted by Crippen LogP contribution is -2.33. The van der Waals surface area contributed by atoms with Crippen LogP contribution in [0.15, 0.2) is 5.11 Å². The second-order valence-corrected chi connectivity index (χ2v) is 6.51. The standard InChI is InChI=1S/C19H35N3O4/c1-4-6-7-8-9-10-11-12-13-16(18(25-3)15-21-22-20)17(23)14-19(24)26-5-2/h16,18H,4-15H2,1-3H3/t16-,18-/m1/s1. The number of esters is 1. The SMILES string of the molecule is CCCCCCCCCC[C@H](C(=O)CC(=O)OCC)[C@@H](CN=[N+]=[N-])OC. The van der Waals surface area contributed by atoms with Gasteiger partial charge in [0.15, 0.2) is 0 Å². The van der Waals surface area contributed by atoms with Crippen molar-refractivity contribution in [2.24, 2.45) is 11.0 Å². The van der Waals surface area contributed by atoms with Gasteiger partial charge < -0.3 is 9.47 Å². The van der Waals surface area contributed by atoms with Gasteiger partial charge in [-0.1, -0.05) is 63.4 Å². The highest BCUT2D eigenvalue weighted by Gasteiger charge is 2.29. The lowest BCUT2D eigenvalue weighted by Gasteiger charge is -2.23. The fraction of sp³-hybridized carbons (Fsp3) is 0.895. The predicted molar refractivity (Wildman–Crippen MR) is 102 cm³/mol. The topological polar surface area (TPSA) is 101 Å².